The molecule has 6 atom stereocenters. The van der Waals surface area contributed by atoms with Gasteiger partial charge in [-0.1, -0.05) is 0 Å². The van der Waals surface area contributed by atoms with E-state index in [0.717, 1.165) is 0 Å². The smallest absolute Gasteiger partial charge is 0.235 e. The number of fused-ring (bicyclic) bond motifs is 3. The zero-order valence-corrected chi connectivity index (χ0v) is 18.8. The normalized spacial score (nSPS) is 32.6. The van der Waals surface area contributed by atoms with Crippen molar-refractivity contribution in [3.05, 3.63) is 23.3 Å². The first-order valence-electron chi connectivity index (χ1n) is 11.0. The Morgan fingerprint density at radius 1 is 1.21 bits per heavy atom. The van der Waals surface area contributed by atoms with Crippen LogP contribution in [-0.2, 0) is 25.6 Å². The van der Waals surface area contributed by atoms with Gasteiger partial charge in [-0.15, -0.1) is 0 Å². The molecule has 4 rings (SSSR count). The molecule has 3 unspecified atom stereocenters. The number of hydrogen-bond acceptors (Lipinski definition) is 10. The summed E-state index contributed by atoms with van der Waals surface area (Å²) in [6.07, 6.45) is 0.146. The van der Waals surface area contributed by atoms with E-state index in [-0.39, 0.29) is 37.3 Å². The van der Waals surface area contributed by atoms with Gasteiger partial charge >= 0.3 is 0 Å². The number of phenols is 1. The van der Waals surface area contributed by atoms with Gasteiger partial charge < -0.3 is 31.3 Å². The van der Waals surface area contributed by atoms with E-state index in [2.05, 4.69) is 5.32 Å². The van der Waals surface area contributed by atoms with Gasteiger partial charge in [0.05, 0.1) is 24.1 Å². The average molecular weight is 473 g/mol. The lowest BCUT2D eigenvalue weighted by molar-refractivity contribution is -0.178. The molecule has 0 heterocycles. The van der Waals surface area contributed by atoms with Crippen molar-refractivity contribution in [2.75, 3.05) is 32.1 Å². The second-order valence-corrected chi connectivity index (χ2v) is 9.39. The van der Waals surface area contributed by atoms with Crippen molar-refractivity contribution in [3.8, 4) is 5.75 Å². The molecule has 2 fully saturated rings. The summed E-state index contributed by atoms with van der Waals surface area (Å²) in [5.41, 5.74) is 3.65. The molecule has 1 aromatic rings. The van der Waals surface area contributed by atoms with Gasteiger partial charge in [-0.25, -0.2) is 0 Å². The number of carbonyl (C=O) groups excluding carboxylic acids is 5. The Morgan fingerprint density at radius 2 is 1.88 bits per heavy atom. The van der Waals surface area contributed by atoms with Crippen LogP contribution in [0.3, 0.4) is 0 Å². The number of benzene rings is 1. The first kappa shape index (κ1) is 24.0. The number of primary amides is 1. The summed E-state index contributed by atoms with van der Waals surface area (Å²) in [6.45, 7) is -0.465. The minimum Gasteiger partial charge on any atom is -0.507 e. The second kappa shape index (κ2) is 8.26. The maximum atomic E-state index is 13.6. The standard InChI is InChI=1S/C23H27N3O8/c1-26(2)12-3-4-13(28)15-10(12)7-9-8-11-17(25-5-6-27)19(30)16(22(24)33)21(32)23(11,34)20(31)14(9)18(15)29/h3-4,9,11,14,16-17,25,27-28,34H,5-8H2,1-2H3,(H2,24,33)/t9-,11-,14?,16?,17?,23-/m0/s1. The predicted molar refractivity (Wildman–Crippen MR) is 117 cm³/mol. The van der Waals surface area contributed by atoms with Crippen LogP contribution in [0.1, 0.15) is 22.3 Å². The van der Waals surface area contributed by atoms with Gasteiger partial charge in [-0.2, -0.15) is 0 Å². The van der Waals surface area contributed by atoms with Crippen LogP contribution < -0.4 is 16.0 Å². The van der Waals surface area contributed by atoms with Crippen LogP contribution in [0.5, 0.6) is 5.75 Å². The number of anilines is 1. The largest absolute Gasteiger partial charge is 0.507 e. The molecule has 0 radical (unpaired) electrons. The Kier molecular flexibility index (Phi) is 5.83. The highest BCUT2D eigenvalue weighted by Crippen LogP contribution is 2.51. The van der Waals surface area contributed by atoms with Crippen molar-refractivity contribution in [3.63, 3.8) is 0 Å². The number of rotatable bonds is 5. The summed E-state index contributed by atoms with van der Waals surface area (Å²) < 4.78 is 0. The summed E-state index contributed by atoms with van der Waals surface area (Å²) in [7, 11) is 3.54. The lowest BCUT2D eigenvalue weighted by atomic mass is 9.52. The monoisotopic (exact) mass is 473 g/mol. The molecule has 0 aliphatic heterocycles. The highest BCUT2D eigenvalue weighted by atomic mass is 16.3. The second-order valence-electron chi connectivity index (χ2n) is 9.39. The van der Waals surface area contributed by atoms with Crippen LogP contribution in [-0.4, -0.2) is 83.2 Å². The van der Waals surface area contributed by atoms with E-state index < -0.39 is 64.4 Å². The molecule has 0 saturated heterocycles. The van der Waals surface area contributed by atoms with Crippen LogP contribution in [0.2, 0.25) is 0 Å². The Balaban J connectivity index is 1.85. The number of nitrogens with one attached hydrogen (secondary N) is 1. The fourth-order valence-corrected chi connectivity index (χ4v) is 5.88. The topological polar surface area (TPSA) is 187 Å². The van der Waals surface area contributed by atoms with E-state index in [4.69, 9.17) is 5.73 Å². The van der Waals surface area contributed by atoms with Crippen molar-refractivity contribution < 1.29 is 39.3 Å². The van der Waals surface area contributed by atoms with E-state index in [9.17, 15) is 39.3 Å². The van der Waals surface area contributed by atoms with Crippen molar-refractivity contribution in [1.29, 1.82) is 0 Å². The maximum Gasteiger partial charge on any atom is 0.235 e. The molecule has 6 N–H and O–H groups in total. The van der Waals surface area contributed by atoms with Crippen molar-refractivity contribution >= 4 is 34.7 Å². The fourth-order valence-electron chi connectivity index (χ4n) is 5.88. The number of ketones is 4. The van der Waals surface area contributed by atoms with Crippen LogP contribution in [0, 0.1) is 23.7 Å². The number of phenolic OH excluding ortho intramolecular Hbond substituents is 1. The SMILES string of the molecule is CN(C)c1ccc(O)c2c1C[C@H]1C[C@H]3C(NCCO)C(=O)C(C(N)=O)C(=O)[C@@]3(O)C(=O)C1C2=O. The van der Waals surface area contributed by atoms with E-state index >= 15 is 0 Å². The molecule has 0 spiro atoms. The number of nitrogens with two attached hydrogens (primary N) is 1. The number of nitrogens with zero attached hydrogens (tertiary/aromatic N) is 1. The van der Waals surface area contributed by atoms with E-state index in [1.807, 2.05) is 0 Å². The van der Waals surface area contributed by atoms with E-state index in [0.29, 0.717) is 11.3 Å². The molecule has 1 amide bonds. The van der Waals surface area contributed by atoms with Crippen molar-refractivity contribution in [2.24, 2.45) is 29.4 Å². The molecule has 11 nitrogen and oxygen atoms in total. The van der Waals surface area contributed by atoms with Gasteiger partial charge in [0, 0.05) is 32.2 Å². The third-order valence-electron chi connectivity index (χ3n) is 7.36. The number of aliphatic hydroxyl groups excluding tert-OH is 1. The summed E-state index contributed by atoms with van der Waals surface area (Å²) in [6, 6.07) is 1.70. The molecule has 34 heavy (non-hydrogen) atoms. The summed E-state index contributed by atoms with van der Waals surface area (Å²) in [4.78, 5) is 67.0. The highest BCUT2D eigenvalue weighted by molar-refractivity contribution is 6.32. The predicted octanol–water partition coefficient (Wildman–Crippen LogP) is -2.05. The first-order valence-corrected chi connectivity index (χ1v) is 11.0. The average Bonchev–Trinajstić information content (AvgIpc) is 2.75. The molecule has 3 aliphatic rings. The molecular weight excluding hydrogens is 446 g/mol. The third kappa shape index (κ3) is 3.18. The Bertz CT molecular complexity index is 1120. The van der Waals surface area contributed by atoms with Gasteiger partial charge in [-0.05, 0) is 36.5 Å². The highest BCUT2D eigenvalue weighted by Gasteiger charge is 2.68. The molecule has 0 bridgehead atoms. The van der Waals surface area contributed by atoms with Gasteiger partial charge in [0.2, 0.25) is 5.91 Å². The molecule has 11 heteroatoms. The lowest BCUT2D eigenvalue weighted by Crippen LogP contribution is -2.74. The number of amides is 1. The minimum atomic E-state index is -2.79. The molecular formula is C23H27N3O8. The lowest BCUT2D eigenvalue weighted by Gasteiger charge is -2.51. The van der Waals surface area contributed by atoms with Crippen molar-refractivity contribution in [1.82, 2.24) is 5.32 Å². The molecule has 3 aliphatic carbocycles. The molecule has 182 valence electrons. The van der Waals surface area contributed by atoms with Crippen molar-refractivity contribution in [2.45, 2.75) is 24.5 Å². The van der Waals surface area contributed by atoms with Crippen LogP contribution in [0.4, 0.5) is 5.69 Å². The first-order chi connectivity index (χ1) is 16.0. The zero-order valence-electron chi connectivity index (χ0n) is 18.8. The number of aromatic hydroxyl groups is 1. The number of hydrogen-bond donors (Lipinski definition) is 5. The Labute approximate surface area is 194 Å². The Hall–Kier alpha value is -3.15. The molecule has 0 aromatic heterocycles. The van der Waals surface area contributed by atoms with Crippen LogP contribution >= 0.6 is 0 Å². The fraction of sp³-hybridized carbons (Fsp3) is 0.522. The summed E-state index contributed by atoms with van der Waals surface area (Å²) >= 11 is 0. The summed E-state index contributed by atoms with van der Waals surface area (Å²) in [5, 5.41) is 33.9. The molecule has 2 saturated carbocycles. The quantitative estimate of drug-likeness (QED) is 0.298. The summed E-state index contributed by atoms with van der Waals surface area (Å²) in [5.74, 6) is -11.0. The van der Waals surface area contributed by atoms with Gasteiger partial charge in [-0.3, -0.25) is 24.0 Å². The Morgan fingerprint density at radius 3 is 2.47 bits per heavy atom. The van der Waals surface area contributed by atoms with Gasteiger partial charge in [0.25, 0.3) is 0 Å². The minimum absolute atomic E-state index is 0.0383. The van der Waals surface area contributed by atoms with Crippen LogP contribution in [0.25, 0.3) is 0 Å². The zero-order chi connectivity index (χ0) is 25.1. The number of aliphatic hydroxyl groups is 2. The van der Waals surface area contributed by atoms with Gasteiger partial charge in [0.1, 0.15) is 5.75 Å². The van der Waals surface area contributed by atoms with Gasteiger partial charge in [0.15, 0.2) is 34.7 Å². The maximum absolute atomic E-state index is 13.6. The number of Topliss-reactive ketones (excluding diaryl/α,β-unsaturated/α-hetero) is 4. The molecule has 1 aromatic carbocycles. The number of carbonyl (C=O) groups is 5. The van der Waals surface area contributed by atoms with E-state index in [1.165, 1.54) is 6.07 Å². The van der Waals surface area contributed by atoms with Crippen LogP contribution in [0.15, 0.2) is 12.1 Å². The van der Waals surface area contributed by atoms with E-state index in [1.54, 1.807) is 25.1 Å². The third-order valence-corrected chi connectivity index (χ3v) is 7.36.